The first-order valence-corrected chi connectivity index (χ1v) is 11.6. The Bertz CT molecular complexity index is 853. The summed E-state index contributed by atoms with van der Waals surface area (Å²) < 4.78 is 44.4. The molecule has 2 aromatic rings. The van der Waals surface area contributed by atoms with Crippen LogP contribution in [-0.4, -0.2) is 35.7 Å². The van der Waals surface area contributed by atoms with Gasteiger partial charge in [0, 0.05) is 14.1 Å². The molecule has 0 saturated heterocycles. The van der Waals surface area contributed by atoms with E-state index in [1.54, 1.807) is 24.3 Å². The highest BCUT2D eigenvalue weighted by Gasteiger charge is 2.13. The number of rotatable bonds is 10. The largest absolute Gasteiger partial charge is 0.281 e. The zero-order chi connectivity index (χ0) is 19.6. The van der Waals surface area contributed by atoms with Gasteiger partial charge in [-0.15, -0.1) is 0 Å². The van der Waals surface area contributed by atoms with Crippen LogP contribution in [0, 0.1) is 0 Å². The molecule has 0 amide bonds. The van der Waals surface area contributed by atoms with Crippen molar-refractivity contribution in [3.8, 4) is 0 Å². The van der Waals surface area contributed by atoms with Gasteiger partial charge in [0.15, 0.2) is 20.0 Å². The van der Waals surface area contributed by atoms with Crippen LogP contribution in [0.2, 0.25) is 0 Å². The fourth-order valence-corrected chi connectivity index (χ4v) is 4.96. The zero-order valence-electron chi connectivity index (χ0n) is 15.7. The molecule has 0 saturated carbocycles. The molecule has 8 heteroatoms. The van der Waals surface area contributed by atoms with E-state index >= 15 is 0 Å². The summed E-state index contributed by atoms with van der Waals surface area (Å²) >= 11 is 0. The maximum Gasteiger partial charge on any atom is 0.193 e. The normalized spacial score (nSPS) is 15.5. The minimum atomic E-state index is -2.83. The second-order valence-electron chi connectivity index (χ2n) is 5.65. The van der Waals surface area contributed by atoms with Crippen molar-refractivity contribution >= 4 is 20.0 Å². The molecule has 0 aliphatic carbocycles. The van der Waals surface area contributed by atoms with E-state index < -0.39 is 20.0 Å². The quantitative estimate of drug-likeness (QED) is 0.546. The van der Waals surface area contributed by atoms with Gasteiger partial charge < -0.3 is 0 Å². The van der Waals surface area contributed by atoms with Gasteiger partial charge in [0.2, 0.25) is 0 Å². The average Bonchev–Trinajstić information content (AvgIpc) is 2.74. The summed E-state index contributed by atoms with van der Waals surface area (Å²) in [5.41, 5.74) is 0. The Morgan fingerprint density at radius 3 is 1.37 bits per heavy atom. The van der Waals surface area contributed by atoms with Crippen LogP contribution in [0.1, 0.15) is 19.3 Å². The first-order valence-electron chi connectivity index (χ1n) is 8.73. The maximum absolute atomic E-state index is 12.7. The lowest BCUT2D eigenvalue weighted by Gasteiger charge is -2.11. The Kier molecular flexibility index (Phi) is 8.43. The molecule has 0 fully saturated rings. The van der Waals surface area contributed by atoms with Crippen LogP contribution in [0.4, 0.5) is 0 Å². The molecule has 0 aliphatic rings. The standard InChI is InChI=1S/C19H26N2O4S2/c1-20-26(22,18-12-6-3-7-13-18)24-16-10-5-11-17-25-27(23,21-2)19-14-8-4-9-15-19/h3-4,6-9,12-15H,5,10-11,16-17H2,1-2H3/t26-,27-/m1/s1. The summed E-state index contributed by atoms with van der Waals surface area (Å²) in [5.74, 6) is 0. The molecule has 0 aromatic heterocycles. The first-order chi connectivity index (χ1) is 13.0. The number of hydrogen-bond acceptors (Lipinski definition) is 6. The number of nitrogens with zero attached hydrogens (tertiary/aromatic N) is 2. The minimum Gasteiger partial charge on any atom is -0.281 e. The summed E-state index contributed by atoms with van der Waals surface area (Å²) in [6.45, 7) is 0.661. The fourth-order valence-electron chi connectivity index (χ4n) is 2.36. The third-order valence-electron chi connectivity index (χ3n) is 3.84. The van der Waals surface area contributed by atoms with Crippen molar-refractivity contribution in [1.29, 1.82) is 0 Å². The molecule has 2 rings (SSSR count). The molecule has 148 valence electrons. The monoisotopic (exact) mass is 410 g/mol. The molecule has 0 radical (unpaired) electrons. The van der Waals surface area contributed by atoms with Crippen molar-refractivity contribution in [2.45, 2.75) is 29.1 Å². The molecule has 0 N–H and O–H groups in total. The second kappa shape index (κ2) is 10.6. The van der Waals surface area contributed by atoms with Gasteiger partial charge in [-0.2, -0.15) is 0 Å². The summed E-state index contributed by atoms with van der Waals surface area (Å²) in [5, 5.41) is 0. The molecule has 0 bridgehead atoms. The molecule has 2 atom stereocenters. The van der Waals surface area contributed by atoms with Gasteiger partial charge in [-0.1, -0.05) is 36.4 Å². The third kappa shape index (κ3) is 6.14. The predicted octanol–water partition coefficient (Wildman–Crippen LogP) is 4.33. The lowest BCUT2D eigenvalue weighted by molar-refractivity contribution is 0.300. The van der Waals surface area contributed by atoms with Gasteiger partial charge >= 0.3 is 0 Å². The van der Waals surface area contributed by atoms with Crippen LogP contribution in [0.15, 0.2) is 79.2 Å². The van der Waals surface area contributed by atoms with Gasteiger partial charge in [-0.05, 0) is 43.5 Å². The highest BCUT2D eigenvalue weighted by molar-refractivity contribution is 7.89. The van der Waals surface area contributed by atoms with Crippen LogP contribution < -0.4 is 0 Å². The Hall–Kier alpha value is -1.74. The highest BCUT2D eigenvalue weighted by Crippen LogP contribution is 2.17. The van der Waals surface area contributed by atoms with E-state index in [1.807, 2.05) is 36.4 Å². The predicted molar refractivity (Wildman–Crippen MR) is 108 cm³/mol. The molecule has 0 unspecified atom stereocenters. The van der Waals surface area contributed by atoms with Gasteiger partial charge in [-0.3, -0.25) is 8.37 Å². The smallest absolute Gasteiger partial charge is 0.193 e. The lowest BCUT2D eigenvalue weighted by Crippen LogP contribution is -2.09. The average molecular weight is 411 g/mol. The van der Waals surface area contributed by atoms with Gasteiger partial charge in [-0.25, -0.2) is 17.1 Å². The lowest BCUT2D eigenvalue weighted by atomic mass is 10.2. The Balaban J connectivity index is 1.75. The Labute approximate surface area is 162 Å². The van der Waals surface area contributed by atoms with Gasteiger partial charge in [0.05, 0.1) is 23.0 Å². The maximum atomic E-state index is 12.7. The van der Waals surface area contributed by atoms with E-state index in [9.17, 15) is 8.42 Å². The molecule has 6 nitrogen and oxygen atoms in total. The molecule has 2 aromatic carbocycles. The summed E-state index contributed by atoms with van der Waals surface area (Å²) in [6.07, 6.45) is 2.21. The van der Waals surface area contributed by atoms with E-state index in [4.69, 9.17) is 8.37 Å². The van der Waals surface area contributed by atoms with Crippen LogP contribution in [0.3, 0.4) is 0 Å². The Morgan fingerprint density at radius 1 is 0.667 bits per heavy atom. The molecule has 0 heterocycles. The van der Waals surface area contributed by atoms with Crippen molar-refractivity contribution in [2.75, 3.05) is 27.3 Å². The second-order valence-corrected chi connectivity index (χ2v) is 9.69. The fraction of sp³-hybridized carbons (Fsp3) is 0.368. The molecule has 0 spiro atoms. The highest BCUT2D eigenvalue weighted by atomic mass is 32.2. The van der Waals surface area contributed by atoms with E-state index in [1.165, 1.54) is 14.1 Å². The Morgan fingerprint density at radius 2 is 1.04 bits per heavy atom. The van der Waals surface area contributed by atoms with Crippen LogP contribution >= 0.6 is 0 Å². The SMILES string of the molecule is CN=[S@](=O)(OCCCCCO[S@@](=O)(=NC)c1ccccc1)c1ccccc1. The first kappa shape index (κ1) is 21.6. The van der Waals surface area contributed by atoms with Crippen molar-refractivity contribution in [3.63, 3.8) is 0 Å². The van der Waals surface area contributed by atoms with Gasteiger partial charge in [0.1, 0.15) is 0 Å². The summed E-state index contributed by atoms with van der Waals surface area (Å²) in [4.78, 5) is 1.14. The van der Waals surface area contributed by atoms with Crippen molar-refractivity contribution < 1.29 is 16.8 Å². The number of hydrogen-bond donors (Lipinski definition) is 0. The van der Waals surface area contributed by atoms with Crippen molar-refractivity contribution in [2.24, 2.45) is 8.73 Å². The zero-order valence-corrected chi connectivity index (χ0v) is 17.3. The summed E-state index contributed by atoms with van der Waals surface area (Å²) in [6, 6.07) is 17.9. The third-order valence-corrected chi connectivity index (χ3v) is 7.51. The van der Waals surface area contributed by atoms with E-state index in [-0.39, 0.29) is 0 Å². The molecule has 27 heavy (non-hydrogen) atoms. The number of unbranched alkanes of at least 4 members (excludes halogenated alkanes) is 2. The van der Waals surface area contributed by atoms with E-state index in [0.717, 1.165) is 6.42 Å². The van der Waals surface area contributed by atoms with Crippen LogP contribution in [-0.2, 0) is 28.4 Å². The molecule has 0 aliphatic heterocycles. The topological polar surface area (TPSA) is 77.3 Å². The van der Waals surface area contributed by atoms with E-state index in [2.05, 4.69) is 8.73 Å². The summed E-state index contributed by atoms with van der Waals surface area (Å²) in [7, 11) is -2.66. The molecular weight excluding hydrogens is 384 g/mol. The van der Waals surface area contributed by atoms with Crippen molar-refractivity contribution in [3.05, 3.63) is 60.7 Å². The number of benzene rings is 2. The van der Waals surface area contributed by atoms with Crippen LogP contribution in [0.5, 0.6) is 0 Å². The van der Waals surface area contributed by atoms with Crippen molar-refractivity contribution in [1.82, 2.24) is 0 Å². The molecular formula is C19H26N2O4S2. The van der Waals surface area contributed by atoms with E-state index in [0.29, 0.717) is 35.8 Å². The van der Waals surface area contributed by atoms with Crippen LogP contribution in [0.25, 0.3) is 0 Å². The minimum absolute atomic E-state index is 0.331. The van der Waals surface area contributed by atoms with Gasteiger partial charge in [0.25, 0.3) is 0 Å².